The van der Waals surface area contributed by atoms with Gasteiger partial charge >= 0.3 is 12.1 Å². The molecule has 0 saturated heterocycles. The highest BCUT2D eigenvalue weighted by atomic mass is 16.4. The fraction of sp³-hybridized carbons (Fsp3) is 0. The van der Waals surface area contributed by atoms with E-state index >= 15 is 0 Å². The van der Waals surface area contributed by atoms with Crippen LogP contribution in [0.15, 0.2) is 12.7 Å². The number of carboxylic acid groups (broad SMARTS) is 2. The Labute approximate surface area is 101 Å². The maximum Gasteiger partial charge on any atom is 0.402 e. The molecule has 0 fully saturated rings. The second-order valence-corrected chi connectivity index (χ2v) is 2.29. The molecule has 0 unspecified atom stereocenters. The molecule has 11 nitrogen and oxygen atoms in total. The number of aliphatic carboxylic acids is 1. The van der Waals surface area contributed by atoms with E-state index in [-0.39, 0.29) is 17.8 Å². The van der Waals surface area contributed by atoms with Gasteiger partial charge in [0, 0.05) is 6.08 Å². The molecule has 0 atom stereocenters. The summed E-state index contributed by atoms with van der Waals surface area (Å²) in [4.78, 5) is 28.5. The van der Waals surface area contributed by atoms with Gasteiger partial charge in [0.1, 0.15) is 0 Å². The Morgan fingerprint density at radius 3 is 1.28 bits per heavy atom. The molecule has 18 heavy (non-hydrogen) atoms. The van der Waals surface area contributed by atoms with Crippen LogP contribution < -0.4 is 22.9 Å². The molecule has 1 rings (SSSR count). The minimum atomic E-state index is -1.33. The van der Waals surface area contributed by atoms with E-state index in [1.165, 1.54) is 0 Å². The van der Waals surface area contributed by atoms with Gasteiger partial charge in [0.05, 0.1) is 0 Å². The lowest BCUT2D eigenvalue weighted by atomic mass is 10.7. The summed E-state index contributed by atoms with van der Waals surface area (Å²) in [6, 6.07) is 0. The summed E-state index contributed by atoms with van der Waals surface area (Å²) in [5, 5.41) is 14.8. The van der Waals surface area contributed by atoms with Crippen molar-refractivity contribution in [1.29, 1.82) is 0 Å². The van der Waals surface area contributed by atoms with Crippen LogP contribution >= 0.6 is 0 Å². The van der Waals surface area contributed by atoms with Crippen LogP contribution in [-0.4, -0.2) is 37.2 Å². The number of anilines is 3. The minimum Gasteiger partial charge on any atom is -0.478 e. The van der Waals surface area contributed by atoms with E-state index in [2.05, 4.69) is 27.3 Å². The van der Waals surface area contributed by atoms with Crippen molar-refractivity contribution < 1.29 is 19.8 Å². The van der Waals surface area contributed by atoms with Crippen LogP contribution in [0.1, 0.15) is 0 Å². The number of amides is 1. The van der Waals surface area contributed by atoms with Crippen molar-refractivity contribution in [2.24, 2.45) is 5.73 Å². The number of aromatic nitrogens is 3. The third kappa shape index (κ3) is 15.4. The molecule has 0 radical (unpaired) electrons. The van der Waals surface area contributed by atoms with E-state index in [4.69, 9.17) is 32.2 Å². The first-order chi connectivity index (χ1) is 8.18. The number of nitrogens with two attached hydrogens (primary N) is 4. The zero-order valence-corrected chi connectivity index (χ0v) is 9.15. The van der Waals surface area contributed by atoms with Gasteiger partial charge in [-0.25, -0.2) is 9.59 Å². The summed E-state index contributed by atoms with van der Waals surface area (Å²) in [5.41, 5.74) is 19.4. The Kier molecular flexibility index (Phi) is 8.78. The monoisotopic (exact) mass is 259 g/mol. The van der Waals surface area contributed by atoms with Gasteiger partial charge < -0.3 is 33.1 Å². The lowest BCUT2D eigenvalue weighted by Crippen LogP contribution is -2.05. The zero-order valence-electron chi connectivity index (χ0n) is 9.15. The molecule has 1 amide bonds. The van der Waals surface area contributed by atoms with Gasteiger partial charge in [-0.1, -0.05) is 6.58 Å². The molecule has 0 aliphatic heterocycles. The van der Waals surface area contributed by atoms with Crippen molar-refractivity contribution in [2.75, 3.05) is 17.2 Å². The molecule has 0 saturated carbocycles. The highest BCUT2D eigenvalue weighted by Crippen LogP contribution is 1.97. The quantitative estimate of drug-likeness (QED) is 0.320. The topological polar surface area (TPSA) is 217 Å². The van der Waals surface area contributed by atoms with Crippen molar-refractivity contribution in [3.63, 3.8) is 0 Å². The molecule has 1 aromatic rings. The van der Waals surface area contributed by atoms with Crippen LogP contribution in [0.25, 0.3) is 0 Å². The fourth-order valence-electron chi connectivity index (χ4n) is 0.427. The summed E-state index contributed by atoms with van der Waals surface area (Å²) in [5.74, 6) is -0.856. The number of nitrogen functional groups attached to an aromatic ring is 3. The second kappa shape index (κ2) is 9.14. The first-order valence-electron chi connectivity index (χ1n) is 4.05. The van der Waals surface area contributed by atoms with E-state index in [9.17, 15) is 4.79 Å². The first kappa shape index (κ1) is 17.3. The third-order valence-electron chi connectivity index (χ3n) is 0.862. The number of rotatable bonds is 1. The van der Waals surface area contributed by atoms with Gasteiger partial charge in [-0.15, -0.1) is 0 Å². The average Bonchev–Trinajstić information content (AvgIpc) is 2.15. The Morgan fingerprint density at radius 1 is 1.00 bits per heavy atom. The molecular weight excluding hydrogens is 246 g/mol. The van der Waals surface area contributed by atoms with Crippen LogP contribution in [0, 0.1) is 0 Å². The van der Waals surface area contributed by atoms with Crippen molar-refractivity contribution in [1.82, 2.24) is 15.0 Å². The highest BCUT2D eigenvalue weighted by molar-refractivity contribution is 5.78. The van der Waals surface area contributed by atoms with Gasteiger partial charge in [-0.2, -0.15) is 15.0 Å². The number of nitrogens with zero attached hydrogens (tertiary/aromatic N) is 3. The summed E-state index contributed by atoms with van der Waals surface area (Å²) in [6.45, 7) is 2.96. The molecule has 1 heterocycles. The lowest BCUT2D eigenvalue weighted by Gasteiger charge is -1.93. The maximum absolute atomic E-state index is 9.25. The number of carbonyl (C=O) groups is 2. The molecule has 1 aromatic heterocycles. The van der Waals surface area contributed by atoms with E-state index < -0.39 is 12.1 Å². The van der Waals surface area contributed by atoms with Crippen molar-refractivity contribution in [2.45, 2.75) is 0 Å². The van der Waals surface area contributed by atoms with Gasteiger partial charge in [-0.05, 0) is 0 Å². The normalized spacial score (nSPS) is 7.78. The van der Waals surface area contributed by atoms with Crippen LogP contribution in [0.5, 0.6) is 0 Å². The molecule has 11 heteroatoms. The largest absolute Gasteiger partial charge is 0.478 e. The van der Waals surface area contributed by atoms with Crippen LogP contribution in [0.3, 0.4) is 0 Å². The van der Waals surface area contributed by atoms with Crippen LogP contribution in [0.4, 0.5) is 22.6 Å². The molecule has 0 aliphatic rings. The number of carboxylic acids is 1. The molecule has 0 bridgehead atoms. The second-order valence-electron chi connectivity index (χ2n) is 2.29. The third-order valence-corrected chi connectivity index (χ3v) is 0.862. The smallest absolute Gasteiger partial charge is 0.402 e. The Balaban J connectivity index is 0. The van der Waals surface area contributed by atoms with E-state index in [0.717, 1.165) is 6.08 Å². The molecular formula is C7H13N7O4. The zero-order chi connectivity index (χ0) is 14.7. The lowest BCUT2D eigenvalue weighted by molar-refractivity contribution is -0.131. The van der Waals surface area contributed by atoms with Crippen molar-refractivity contribution >= 4 is 29.9 Å². The van der Waals surface area contributed by atoms with E-state index in [1.807, 2.05) is 0 Å². The minimum absolute atomic E-state index is 0.0417. The first-order valence-corrected chi connectivity index (χ1v) is 4.05. The molecule has 10 N–H and O–H groups in total. The number of primary amides is 1. The van der Waals surface area contributed by atoms with Crippen molar-refractivity contribution in [3.05, 3.63) is 12.7 Å². The fourth-order valence-corrected chi connectivity index (χ4v) is 0.427. The molecule has 0 aliphatic carbocycles. The van der Waals surface area contributed by atoms with E-state index in [0.29, 0.717) is 0 Å². The highest BCUT2D eigenvalue weighted by Gasteiger charge is 1.93. The average molecular weight is 259 g/mol. The summed E-state index contributed by atoms with van der Waals surface area (Å²) in [6.07, 6.45) is -0.500. The van der Waals surface area contributed by atoms with Crippen molar-refractivity contribution in [3.8, 4) is 0 Å². The summed E-state index contributed by atoms with van der Waals surface area (Å²) < 4.78 is 0. The maximum atomic E-state index is 9.25. The molecule has 0 aromatic carbocycles. The van der Waals surface area contributed by atoms with Gasteiger partial charge in [0.15, 0.2) is 0 Å². The number of hydrogen-bond donors (Lipinski definition) is 6. The van der Waals surface area contributed by atoms with Crippen LogP contribution in [0.2, 0.25) is 0 Å². The van der Waals surface area contributed by atoms with Gasteiger partial charge in [0.2, 0.25) is 17.8 Å². The Bertz CT molecular complexity index is 368. The van der Waals surface area contributed by atoms with Gasteiger partial charge in [0.25, 0.3) is 0 Å². The standard InChI is InChI=1S/C3H6N6.C3H4O2.CH3NO2/c4-1-7-2(5)9-3(6)8-1;1-2-3(4)5;2-1(3)4/h(H6,4,5,6,7,8,9);2H,1H2,(H,4,5);2H2,(H,3,4). The Hall–Kier alpha value is -3.11. The summed E-state index contributed by atoms with van der Waals surface area (Å²) in [7, 11) is 0. The number of hydrogen-bond acceptors (Lipinski definition) is 8. The Morgan fingerprint density at radius 2 is 1.17 bits per heavy atom. The predicted octanol–water partition coefficient (Wildman–Crippen LogP) is -1.50. The SMILES string of the molecule is C=CC(=O)O.NC(=O)O.Nc1nc(N)nc(N)n1. The van der Waals surface area contributed by atoms with Crippen LogP contribution in [-0.2, 0) is 4.79 Å². The van der Waals surface area contributed by atoms with E-state index in [1.54, 1.807) is 0 Å². The predicted molar refractivity (Wildman–Crippen MR) is 63.1 cm³/mol. The van der Waals surface area contributed by atoms with Gasteiger partial charge in [-0.3, -0.25) is 0 Å². The molecule has 100 valence electrons. The summed E-state index contributed by atoms with van der Waals surface area (Å²) >= 11 is 0. The molecule has 0 spiro atoms.